The lowest BCUT2D eigenvalue weighted by Gasteiger charge is -2.09. The lowest BCUT2D eigenvalue weighted by Crippen LogP contribution is -1.92. The number of hydrogen-bond donors (Lipinski definition) is 0. The molecular formula is C12H12IN. The molecule has 2 heteroatoms. The van der Waals surface area contributed by atoms with Crippen molar-refractivity contribution in [1.29, 1.82) is 0 Å². The van der Waals surface area contributed by atoms with E-state index in [-0.39, 0.29) is 0 Å². The minimum absolute atomic E-state index is 0.532. The first kappa shape index (κ1) is 9.90. The van der Waals surface area contributed by atoms with Gasteiger partial charge < -0.3 is 0 Å². The molecule has 2 aromatic rings. The lowest BCUT2D eigenvalue weighted by molar-refractivity contribution is 0.872. The quantitative estimate of drug-likeness (QED) is 0.726. The second-order valence-electron chi connectivity index (χ2n) is 3.69. The van der Waals surface area contributed by atoms with Crippen molar-refractivity contribution in [1.82, 2.24) is 4.98 Å². The molecule has 0 N–H and O–H groups in total. The highest BCUT2D eigenvalue weighted by Crippen LogP contribution is 2.26. The van der Waals surface area contributed by atoms with Gasteiger partial charge in [0.2, 0.25) is 0 Å². The normalized spacial score (nSPS) is 11.1. The first-order valence-electron chi connectivity index (χ1n) is 4.73. The number of halogens is 1. The summed E-state index contributed by atoms with van der Waals surface area (Å²) >= 11 is 2.36. The Balaban J connectivity index is 2.82. The minimum Gasteiger partial charge on any atom is -0.256 e. The molecule has 0 saturated heterocycles. The Labute approximate surface area is 97.7 Å². The molecule has 0 bridgehead atoms. The van der Waals surface area contributed by atoms with E-state index in [0.717, 1.165) is 5.52 Å². The van der Waals surface area contributed by atoms with Crippen LogP contribution in [0.25, 0.3) is 10.9 Å². The van der Waals surface area contributed by atoms with Gasteiger partial charge in [0.25, 0.3) is 0 Å². The van der Waals surface area contributed by atoms with E-state index in [1.54, 1.807) is 0 Å². The predicted molar refractivity (Wildman–Crippen MR) is 68.5 cm³/mol. The molecule has 0 aliphatic heterocycles. The first-order valence-corrected chi connectivity index (χ1v) is 5.81. The van der Waals surface area contributed by atoms with Gasteiger partial charge >= 0.3 is 0 Å². The van der Waals surface area contributed by atoms with E-state index in [1.165, 1.54) is 14.5 Å². The van der Waals surface area contributed by atoms with E-state index in [2.05, 4.69) is 59.6 Å². The fraction of sp³-hybridized carbons (Fsp3) is 0.250. The van der Waals surface area contributed by atoms with Gasteiger partial charge in [-0.05, 0) is 46.2 Å². The van der Waals surface area contributed by atoms with E-state index in [1.807, 2.05) is 12.3 Å². The third kappa shape index (κ3) is 1.63. The fourth-order valence-electron chi connectivity index (χ4n) is 1.63. The van der Waals surface area contributed by atoms with Crippen molar-refractivity contribution in [3.63, 3.8) is 0 Å². The van der Waals surface area contributed by atoms with Gasteiger partial charge in [-0.3, -0.25) is 4.98 Å². The molecule has 0 atom stereocenters. The zero-order valence-electron chi connectivity index (χ0n) is 8.29. The van der Waals surface area contributed by atoms with Crippen LogP contribution in [0.4, 0.5) is 0 Å². The van der Waals surface area contributed by atoms with Crippen molar-refractivity contribution in [2.45, 2.75) is 19.8 Å². The van der Waals surface area contributed by atoms with Gasteiger partial charge in [0.1, 0.15) is 0 Å². The number of rotatable bonds is 1. The van der Waals surface area contributed by atoms with Gasteiger partial charge in [-0.25, -0.2) is 0 Å². The highest BCUT2D eigenvalue weighted by molar-refractivity contribution is 14.1. The molecule has 1 heterocycles. The Morgan fingerprint density at radius 3 is 2.71 bits per heavy atom. The van der Waals surface area contributed by atoms with E-state index in [0.29, 0.717) is 5.92 Å². The monoisotopic (exact) mass is 297 g/mol. The molecule has 0 spiro atoms. The maximum Gasteiger partial charge on any atom is 0.0747 e. The van der Waals surface area contributed by atoms with Crippen LogP contribution in [-0.4, -0.2) is 4.98 Å². The maximum atomic E-state index is 4.46. The van der Waals surface area contributed by atoms with Crippen LogP contribution >= 0.6 is 22.6 Å². The van der Waals surface area contributed by atoms with E-state index >= 15 is 0 Å². The highest BCUT2D eigenvalue weighted by atomic mass is 127. The summed E-state index contributed by atoms with van der Waals surface area (Å²) in [5.41, 5.74) is 2.48. The Bertz CT molecular complexity index is 463. The summed E-state index contributed by atoms with van der Waals surface area (Å²) < 4.78 is 1.27. The summed E-state index contributed by atoms with van der Waals surface area (Å²) in [5, 5.41) is 1.26. The molecule has 0 aliphatic carbocycles. The number of aromatic nitrogens is 1. The summed E-state index contributed by atoms with van der Waals surface area (Å²) in [7, 11) is 0. The average Bonchev–Trinajstić information content (AvgIpc) is 2.18. The second-order valence-corrected chi connectivity index (χ2v) is 4.85. The van der Waals surface area contributed by atoms with Gasteiger partial charge in [-0.2, -0.15) is 0 Å². The van der Waals surface area contributed by atoms with E-state index in [4.69, 9.17) is 0 Å². The van der Waals surface area contributed by atoms with Crippen molar-refractivity contribution in [3.8, 4) is 0 Å². The summed E-state index contributed by atoms with van der Waals surface area (Å²) in [4.78, 5) is 4.46. The number of fused-ring (bicyclic) bond motifs is 1. The Morgan fingerprint density at radius 2 is 2.00 bits per heavy atom. The summed E-state index contributed by atoms with van der Waals surface area (Å²) in [6.07, 6.45) is 1.87. The minimum atomic E-state index is 0.532. The number of benzene rings is 1. The molecule has 0 aliphatic rings. The van der Waals surface area contributed by atoms with Crippen LogP contribution in [-0.2, 0) is 0 Å². The zero-order chi connectivity index (χ0) is 10.1. The summed E-state index contributed by atoms with van der Waals surface area (Å²) in [6, 6.07) is 8.48. The summed E-state index contributed by atoms with van der Waals surface area (Å²) in [6.45, 7) is 4.41. The first-order chi connectivity index (χ1) is 6.70. The van der Waals surface area contributed by atoms with Crippen LogP contribution in [0.15, 0.2) is 30.5 Å². The molecule has 1 aromatic carbocycles. The molecule has 0 unspecified atom stereocenters. The van der Waals surface area contributed by atoms with Crippen molar-refractivity contribution in [2.24, 2.45) is 0 Å². The molecule has 0 saturated carbocycles. The third-order valence-electron chi connectivity index (χ3n) is 2.37. The predicted octanol–water partition coefficient (Wildman–Crippen LogP) is 3.96. The van der Waals surface area contributed by atoms with Crippen LogP contribution in [0, 0.1) is 3.57 Å². The van der Waals surface area contributed by atoms with Crippen LogP contribution in [0.2, 0.25) is 0 Å². The van der Waals surface area contributed by atoms with Gasteiger partial charge in [0.05, 0.1) is 5.52 Å². The molecule has 14 heavy (non-hydrogen) atoms. The standard InChI is InChI=1S/C12H12IN/c1-8(2)9-5-6-11(13)10-4-3-7-14-12(9)10/h3-8H,1-2H3. The molecule has 72 valence electrons. The van der Waals surface area contributed by atoms with Crippen molar-refractivity contribution < 1.29 is 0 Å². The van der Waals surface area contributed by atoms with Crippen LogP contribution in [0.1, 0.15) is 25.3 Å². The molecule has 0 fully saturated rings. The van der Waals surface area contributed by atoms with Gasteiger partial charge in [0.15, 0.2) is 0 Å². The molecular weight excluding hydrogens is 285 g/mol. The number of hydrogen-bond acceptors (Lipinski definition) is 1. The van der Waals surface area contributed by atoms with Gasteiger partial charge in [-0.15, -0.1) is 0 Å². The van der Waals surface area contributed by atoms with Crippen molar-refractivity contribution in [2.75, 3.05) is 0 Å². The Kier molecular flexibility index (Phi) is 2.72. The fourth-order valence-corrected chi connectivity index (χ4v) is 2.24. The molecule has 1 aromatic heterocycles. The molecule has 1 nitrogen and oxygen atoms in total. The Hall–Kier alpha value is -0.640. The number of nitrogens with zero attached hydrogens (tertiary/aromatic N) is 1. The lowest BCUT2D eigenvalue weighted by atomic mass is 10.00. The molecule has 0 amide bonds. The Morgan fingerprint density at radius 1 is 1.21 bits per heavy atom. The summed E-state index contributed by atoms with van der Waals surface area (Å²) in [5.74, 6) is 0.532. The third-order valence-corrected chi connectivity index (χ3v) is 3.31. The average molecular weight is 297 g/mol. The largest absolute Gasteiger partial charge is 0.256 e. The molecule has 2 rings (SSSR count). The van der Waals surface area contributed by atoms with Gasteiger partial charge in [0, 0.05) is 15.2 Å². The van der Waals surface area contributed by atoms with Crippen LogP contribution in [0.5, 0.6) is 0 Å². The van der Waals surface area contributed by atoms with Gasteiger partial charge in [-0.1, -0.05) is 26.0 Å². The highest BCUT2D eigenvalue weighted by Gasteiger charge is 2.07. The zero-order valence-corrected chi connectivity index (χ0v) is 10.4. The SMILES string of the molecule is CC(C)c1ccc(I)c2cccnc12. The molecule has 0 radical (unpaired) electrons. The van der Waals surface area contributed by atoms with E-state index in [9.17, 15) is 0 Å². The second kappa shape index (κ2) is 3.85. The van der Waals surface area contributed by atoms with Crippen LogP contribution in [0.3, 0.4) is 0 Å². The topological polar surface area (TPSA) is 12.9 Å². The smallest absolute Gasteiger partial charge is 0.0747 e. The van der Waals surface area contributed by atoms with Crippen LogP contribution < -0.4 is 0 Å². The maximum absolute atomic E-state index is 4.46. The van der Waals surface area contributed by atoms with Crippen molar-refractivity contribution in [3.05, 3.63) is 39.6 Å². The van der Waals surface area contributed by atoms with Crippen molar-refractivity contribution >= 4 is 33.5 Å². The number of pyridine rings is 1. The van der Waals surface area contributed by atoms with E-state index < -0.39 is 0 Å².